The predicted molar refractivity (Wildman–Crippen MR) is 158 cm³/mol. The van der Waals surface area contributed by atoms with Gasteiger partial charge in [0.1, 0.15) is 0 Å². The Labute approximate surface area is 229 Å². The van der Waals surface area contributed by atoms with Gasteiger partial charge in [-0.1, -0.05) is 110 Å². The summed E-state index contributed by atoms with van der Waals surface area (Å²) in [6, 6.07) is 6.17. The molecule has 5 heteroatoms. The normalized spacial score (nSPS) is 16.3. The quantitative estimate of drug-likeness (QED) is 0.121. The lowest BCUT2D eigenvalue weighted by molar-refractivity contribution is 0.00578. The van der Waals surface area contributed by atoms with E-state index in [0.717, 1.165) is 43.0 Å². The molecule has 0 aromatic heterocycles. The lowest BCUT2D eigenvalue weighted by Crippen LogP contribution is -2.41. The first-order valence-electron chi connectivity index (χ1n) is 15.6. The molecule has 1 aromatic rings. The molecule has 0 bridgehead atoms. The first-order valence-corrected chi connectivity index (χ1v) is 15.6. The highest BCUT2D eigenvalue weighted by Crippen LogP contribution is 2.37. The van der Waals surface area contributed by atoms with Gasteiger partial charge in [0.25, 0.3) is 0 Å². The fraction of sp³-hybridized carbons (Fsp3) is 0.812. The van der Waals surface area contributed by atoms with E-state index in [-0.39, 0.29) is 11.2 Å². The van der Waals surface area contributed by atoms with Crippen molar-refractivity contribution in [2.75, 3.05) is 13.2 Å². The average Bonchev–Trinajstić information content (AvgIpc) is 3.09. The Balaban J connectivity index is 1.86. The molecule has 1 aliphatic heterocycles. The minimum atomic E-state index is -0.391. The first-order chi connectivity index (χ1) is 17.8. The van der Waals surface area contributed by atoms with Gasteiger partial charge in [-0.3, -0.25) is 0 Å². The molecule has 37 heavy (non-hydrogen) atoms. The number of ether oxygens (including phenoxy) is 2. The fourth-order valence-corrected chi connectivity index (χ4v) is 4.72. The van der Waals surface area contributed by atoms with E-state index in [1.54, 1.807) is 0 Å². The Kier molecular flexibility index (Phi) is 15.1. The molecule has 0 saturated carbocycles. The van der Waals surface area contributed by atoms with Gasteiger partial charge >= 0.3 is 7.12 Å². The Morgan fingerprint density at radius 1 is 0.568 bits per heavy atom. The molecule has 0 unspecified atom stereocenters. The lowest BCUT2D eigenvalue weighted by Gasteiger charge is -2.32. The number of unbranched alkanes of at least 4 members (excludes halogenated alkanes) is 14. The van der Waals surface area contributed by atoms with Crippen LogP contribution in [0, 0.1) is 0 Å². The second kappa shape index (κ2) is 17.4. The van der Waals surface area contributed by atoms with Gasteiger partial charge < -0.3 is 18.8 Å². The molecule has 0 radical (unpaired) electrons. The van der Waals surface area contributed by atoms with Crippen LogP contribution in [0.25, 0.3) is 0 Å². The maximum absolute atomic E-state index is 6.28. The van der Waals surface area contributed by atoms with E-state index in [1.165, 1.54) is 89.9 Å². The summed E-state index contributed by atoms with van der Waals surface area (Å²) in [6.07, 6.45) is 20.7. The second-order valence-corrected chi connectivity index (χ2v) is 11.9. The van der Waals surface area contributed by atoms with E-state index < -0.39 is 7.12 Å². The Morgan fingerprint density at radius 2 is 0.973 bits per heavy atom. The van der Waals surface area contributed by atoms with Gasteiger partial charge in [0, 0.05) is 0 Å². The van der Waals surface area contributed by atoms with Crippen molar-refractivity contribution in [1.82, 2.24) is 0 Å². The van der Waals surface area contributed by atoms with E-state index in [9.17, 15) is 0 Å². The molecule has 0 N–H and O–H groups in total. The topological polar surface area (TPSA) is 36.9 Å². The van der Waals surface area contributed by atoms with Crippen LogP contribution in [-0.2, 0) is 9.31 Å². The Hall–Kier alpha value is -1.20. The van der Waals surface area contributed by atoms with Crippen molar-refractivity contribution >= 4 is 12.6 Å². The van der Waals surface area contributed by atoms with Crippen LogP contribution in [0.4, 0.5) is 0 Å². The van der Waals surface area contributed by atoms with E-state index in [2.05, 4.69) is 53.7 Å². The molecule has 0 atom stereocenters. The molecule has 1 aliphatic rings. The van der Waals surface area contributed by atoms with Gasteiger partial charge in [-0.25, -0.2) is 0 Å². The van der Waals surface area contributed by atoms with Gasteiger partial charge in [-0.2, -0.15) is 0 Å². The third-order valence-electron chi connectivity index (χ3n) is 8.00. The Bertz CT molecular complexity index is 717. The summed E-state index contributed by atoms with van der Waals surface area (Å²) in [7, 11) is -0.391. The number of hydrogen-bond donors (Lipinski definition) is 0. The van der Waals surface area contributed by atoms with Crippen molar-refractivity contribution in [2.24, 2.45) is 0 Å². The molecule has 2 rings (SSSR count). The molecule has 1 heterocycles. The van der Waals surface area contributed by atoms with Crippen LogP contribution in [0.2, 0.25) is 0 Å². The third kappa shape index (κ3) is 11.6. The van der Waals surface area contributed by atoms with Crippen molar-refractivity contribution in [3.8, 4) is 11.5 Å². The first kappa shape index (κ1) is 32.0. The van der Waals surface area contributed by atoms with Gasteiger partial charge in [-0.15, -0.1) is 0 Å². The maximum atomic E-state index is 6.28. The van der Waals surface area contributed by atoms with Crippen LogP contribution in [0.5, 0.6) is 11.5 Å². The molecular formula is C32H57BO4. The van der Waals surface area contributed by atoms with Crippen LogP contribution >= 0.6 is 0 Å². The minimum Gasteiger partial charge on any atom is -0.490 e. The van der Waals surface area contributed by atoms with Crippen molar-refractivity contribution in [2.45, 2.75) is 155 Å². The van der Waals surface area contributed by atoms with E-state index in [4.69, 9.17) is 18.8 Å². The predicted octanol–water partition coefficient (Wildman–Crippen LogP) is 9.02. The molecule has 0 aliphatic carbocycles. The molecule has 1 saturated heterocycles. The summed E-state index contributed by atoms with van der Waals surface area (Å²) < 4.78 is 25.1. The van der Waals surface area contributed by atoms with Crippen LogP contribution < -0.4 is 14.9 Å². The zero-order valence-electron chi connectivity index (χ0n) is 25.2. The van der Waals surface area contributed by atoms with Crippen LogP contribution in [0.1, 0.15) is 144 Å². The number of hydrogen-bond acceptors (Lipinski definition) is 4. The second-order valence-electron chi connectivity index (χ2n) is 11.9. The molecule has 4 nitrogen and oxygen atoms in total. The van der Waals surface area contributed by atoms with Crippen molar-refractivity contribution in [3.63, 3.8) is 0 Å². The van der Waals surface area contributed by atoms with Gasteiger partial charge in [0.2, 0.25) is 0 Å². The summed E-state index contributed by atoms with van der Waals surface area (Å²) in [6.45, 7) is 14.4. The molecule has 1 fully saturated rings. The highest BCUT2D eigenvalue weighted by Gasteiger charge is 2.51. The zero-order chi connectivity index (χ0) is 27.0. The molecular weight excluding hydrogens is 459 g/mol. The molecule has 1 aromatic carbocycles. The largest absolute Gasteiger partial charge is 0.494 e. The highest BCUT2D eigenvalue weighted by atomic mass is 16.7. The summed E-state index contributed by atoms with van der Waals surface area (Å²) in [5.41, 5.74) is 0.271. The third-order valence-corrected chi connectivity index (χ3v) is 8.00. The monoisotopic (exact) mass is 516 g/mol. The van der Waals surface area contributed by atoms with E-state index >= 15 is 0 Å². The fourth-order valence-electron chi connectivity index (χ4n) is 4.72. The summed E-state index contributed by atoms with van der Waals surface area (Å²) in [4.78, 5) is 0. The van der Waals surface area contributed by atoms with Crippen molar-refractivity contribution in [3.05, 3.63) is 18.2 Å². The maximum Gasteiger partial charge on any atom is 0.494 e. The summed E-state index contributed by atoms with van der Waals surface area (Å²) >= 11 is 0. The number of rotatable bonds is 21. The molecule has 0 spiro atoms. The lowest BCUT2D eigenvalue weighted by atomic mass is 9.79. The van der Waals surface area contributed by atoms with Gasteiger partial charge in [0.05, 0.1) is 24.4 Å². The van der Waals surface area contributed by atoms with Crippen LogP contribution in [-0.4, -0.2) is 31.5 Å². The van der Waals surface area contributed by atoms with E-state index in [0.29, 0.717) is 0 Å². The summed E-state index contributed by atoms with van der Waals surface area (Å²) in [5, 5.41) is 0. The van der Waals surface area contributed by atoms with Crippen LogP contribution in [0.3, 0.4) is 0 Å². The average molecular weight is 517 g/mol. The van der Waals surface area contributed by atoms with Gasteiger partial charge in [0.15, 0.2) is 11.5 Å². The smallest absolute Gasteiger partial charge is 0.490 e. The minimum absolute atomic E-state index is 0.360. The SMILES string of the molecule is CCCCCCCCCCOc1ccc(B2OC(C)(C)C(C)(C)O2)cc1OCCCCCCCCCC. The van der Waals surface area contributed by atoms with Crippen LogP contribution in [0.15, 0.2) is 18.2 Å². The van der Waals surface area contributed by atoms with Gasteiger partial charge in [-0.05, 0) is 58.1 Å². The highest BCUT2D eigenvalue weighted by molar-refractivity contribution is 6.62. The Morgan fingerprint density at radius 3 is 1.43 bits per heavy atom. The summed E-state index contributed by atoms with van der Waals surface area (Å²) in [5.74, 6) is 1.65. The van der Waals surface area contributed by atoms with Crippen molar-refractivity contribution < 1.29 is 18.8 Å². The molecule has 0 amide bonds. The number of benzene rings is 1. The standard InChI is InChI=1S/C32H57BO4/c1-7-9-11-13-15-17-19-21-25-34-29-24-23-28(33-36-31(3,4)32(5,6)37-33)27-30(29)35-26-22-20-18-16-14-12-10-8-2/h23-24,27H,7-22,25-26H2,1-6H3. The molecule has 212 valence electrons. The van der Waals surface area contributed by atoms with E-state index in [1.807, 2.05) is 6.07 Å². The van der Waals surface area contributed by atoms with Crippen molar-refractivity contribution in [1.29, 1.82) is 0 Å². The zero-order valence-corrected chi connectivity index (χ0v) is 25.2.